The molecule has 1 N–H and O–H groups in total. The number of thiazole rings is 1. The third-order valence-corrected chi connectivity index (χ3v) is 8.10. The number of aromatic hydroxyl groups is 1. The van der Waals surface area contributed by atoms with Gasteiger partial charge in [0.25, 0.3) is 0 Å². The average molecular weight is 521 g/mol. The summed E-state index contributed by atoms with van der Waals surface area (Å²) < 4.78 is 2.03. The first kappa shape index (κ1) is 22.9. The van der Waals surface area contributed by atoms with Gasteiger partial charge in [0.15, 0.2) is 4.34 Å². The fourth-order valence-electron chi connectivity index (χ4n) is 3.49. The van der Waals surface area contributed by atoms with Crippen molar-refractivity contribution in [2.75, 3.05) is 0 Å². The molecule has 1 atom stereocenters. The molecule has 1 aromatic heterocycles. The van der Waals surface area contributed by atoms with Gasteiger partial charge in [-0.1, -0.05) is 77.4 Å². The van der Waals surface area contributed by atoms with Crippen LogP contribution in [0.25, 0.3) is 10.2 Å². The van der Waals surface area contributed by atoms with Gasteiger partial charge in [-0.15, -0.1) is 11.3 Å². The summed E-state index contributed by atoms with van der Waals surface area (Å²) in [6.07, 6.45) is 1.62. The maximum atomic E-state index is 10.0. The minimum absolute atomic E-state index is 0.0994. The average Bonchev–Trinajstić information content (AvgIpc) is 3.26. The molecule has 0 bridgehead atoms. The number of hydrogen-bond acceptors (Lipinski definition) is 5. The van der Waals surface area contributed by atoms with Crippen LogP contribution in [0.3, 0.4) is 0 Å². The zero-order valence-electron chi connectivity index (χ0n) is 17.7. The largest absolute Gasteiger partial charge is 0.507 e. The Morgan fingerprint density at radius 3 is 2.38 bits per heavy atom. The van der Waals surface area contributed by atoms with Crippen LogP contribution in [-0.2, 0) is 0 Å². The van der Waals surface area contributed by atoms with E-state index in [2.05, 4.69) is 41.4 Å². The zero-order valence-corrected chi connectivity index (χ0v) is 20.9. The van der Waals surface area contributed by atoms with E-state index in [1.807, 2.05) is 36.4 Å². The van der Waals surface area contributed by atoms with Gasteiger partial charge in [0, 0.05) is 21.8 Å². The summed E-state index contributed by atoms with van der Waals surface area (Å²) in [7, 11) is 0. The Kier molecular flexibility index (Phi) is 6.88. The summed E-state index contributed by atoms with van der Waals surface area (Å²) in [6, 6.07) is 29.2. The Bertz CT molecular complexity index is 1470. The lowest BCUT2D eigenvalue weighted by molar-refractivity contribution is 0.474. The lowest BCUT2D eigenvalue weighted by atomic mass is 10.0. The fraction of sp³-hybridized carbons (Fsp3) is 0.0370. The van der Waals surface area contributed by atoms with Crippen molar-refractivity contribution in [1.29, 1.82) is 0 Å². The van der Waals surface area contributed by atoms with Crippen LogP contribution in [0, 0.1) is 0 Å². The van der Waals surface area contributed by atoms with E-state index in [1.54, 1.807) is 47.5 Å². The Morgan fingerprint density at radius 2 is 1.59 bits per heavy atom. The molecular formula is C27H18Cl2N2OS2. The first-order valence-corrected chi connectivity index (χ1v) is 12.9. The van der Waals surface area contributed by atoms with Crippen molar-refractivity contribution >= 4 is 68.4 Å². The van der Waals surface area contributed by atoms with Gasteiger partial charge in [0.05, 0.1) is 21.2 Å². The molecule has 0 amide bonds. The van der Waals surface area contributed by atoms with Crippen LogP contribution >= 0.6 is 46.3 Å². The molecule has 0 aliphatic heterocycles. The first-order chi connectivity index (χ1) is 16.5. The van der Waals surface area contributed by atoms with Gasteiger partial charge in [0.2, 0.25) is 0 Å². The van der Waals surface area contributed by atoms with Crippen molar-refractivity contribution in [3.05, 3.63) is 118 Å². The van der Waals surface area contributed by atoms with Crippen LogP contribution in [-0.4, -0.2) is 16.3 Å². The van der Waals surface area contributed by atoms with Gasteiger partial charge < -0.3 is 5.11 Å². The van der Waals surface area contributed by atoms with Crippen molar-refractivity contribution in [3.8, 4) is 5.75 Å². The quantitative estimate of drug-likeness (QED) is 0.179. The number of halogens is 2. The highest BCUT2D eigenvalue weighted by Gasteiger charge is 2.18. The van der Waals surface area contributed by atoms with Crippen molar-refractivity contribution in [1.82, 2.24) is 4.98 Å². The molecule has 5 aromatic rings. The molecule has 5 rings (SSSR count). The smallest absolute Gasteiger partial charge is 0.152 e. The molecule has 0 fully saturated rings. The monoisotopic (exact) mass is 520 g/mol. The van der Waals surface area contributed by atoms with E-state index < -0.39 is 0 Å². The first-order valence-electron chi connectivity index (χ1n) is 10.5. The number of hydrogen-bond donors (Lipinski definition) is 1. The lowest BCUT2D eigenvalue weighted by Crippen LogP contribution is -1.96. The number of aromatic nitrogens is 1. The van der Waals surface area contributed by atoms with E-state index in [0.717, 1.165) is 25.3 Å². The third-order valence-electron chi connectivity index (χ3n) is 5.19. The molecule has 0 unspecified atom stereocenters. The predicted octanol–water partition coefficient (Wildman–Crippen LogP) is 8.94. The van der Waals surface area contributed by atoms with Gasteiger partial charge in [-0.05, 0) is 59.7 Å². The van der Waals surface area contributed by atoms with Crippen molar-refractivity contribution < 1.29 is 5.11 Å². The number of benzene rings is 4. The van der Waals surface area contributed by atoms with Crippen LogP contribution in [0.5, 0.6) is 5.75 Å². The Hall–Kier alpha value is -2.83. The summed E-state index contributed by atoms with van der Waals surface area (Å²) in [6.45, 7) is 0. The van der Waals surface area contributed by atoms with E-state index in [9.17, 15) is 5.11 Å². The van der Waals surface area contributed by atoms with Crippen LogP contribution < -0.4 is 0 Å². The minimum atomic E-state index is 0.0994. The molecule has 0 saturated heterocycles. The molecule has 4 aromatic carbocycles. The number of fused-ring (bicyclic) bond motifs is 1. The number of rotatable bonds is 6. The number of thioether (sulfide) groups is 1. The van der Waals surface area contributed by atoms with Gasteiger partial charge in [0.1, 0.15) is 5.75 Å². The second-order valence-corrected chi connectivity index (χ2v) is 10.8. The molecule has 34 heavy (non-hydrogen) atoms. The molecule has 1 heterocycles. The normalized spacial score (nSPS) is 12.4. The second kappa shape index (κ2) is 10.2. The second-order valence-electron chi connectivity index (χ2n) is 7.55. The summed E-state index contributed by atoms with van der Waals surface area (Å²) in [5, 5.41) is 11.4. The number of nitrogens with zero attached hydrogens (tertiary/aromatic N) is 2. The lowest BCUT2D eigenvalue weighted by Gasteiger charge is -2.16. The zero-order chi connectivity index (χ0) is 23.5. The topological polar surface area (TPSA) is 45.5 Å². The standard InChI is InChI=1S/C27H18Cl2N2OS2/c28-20-8-6-18(7-9-20)26(17-4-2-1-3-5-17)34-27-31-23-12-11-22(15-25(23)33-27)30-16-19-14-21(29)10-13-24(19)32/h1-16,26,32H/t26-/m1/s1. The molecule has 0 aliphatic rings. The Morgan fingerprint density at radius 1 is 0.853 bits per heavy atom. The molecule has 168 valence electrons. The van der Waals surface area contributed by atoms with Crippen LogP contribution in [0.1, 0.15) is 21.9 Å². The molecule has 0 aliphatic carbocycles. The SMILES string of the molecule is Oc1ccc(Cl)cc1C=Nc1ccc2nc(S[C@H](c3ccccc3)c3ccc(Cl)cc3)sc2c1. The van der Waals surface area contributed by atoms with Gasteiger partial charge in [-0.25, -0.2) is 4.98 Å². The molecule has 3 nitrogen and oxygen atoms in total. The van der Waals surface area contributed by atoms with E-state index in [1.165, 1.54) is 11.1 Å². The summed E-state index contributed by atoms with van der Waals surface area (Å²) in [4.78, 5) is 9.37. The highest BCUT2D eigenvalue weighted by Crippen LogP contribution is 2.43. The summed E-state index contributed by atoms with van der Waals surface area (Å²) in [5.74, 6) is 0.139. The van der Waals surface area contributed by atoms with E-state index in [0.29, 0.717) is 10.6 Å². The maximum absolute atomic E-state index is 10.0. The summed E-state index contributed by atoms with van der Waals surface area (Å²) >= 11 is 15.5. The van der Waals surface area contributed by atoms with E-state index in [-0.39, 0.29) is 11.0 Å². The van der Waals surface area contributed by atoms with Gasteiger partial charge in [-0.3, -0.25) is 4.99 Å². The minimum Gasteiger partial charge on any atom is -0.507 e. The van der Waals surface area contributed by atoms with Crippen LogP contribution in [0.2, 0.25) is 10.0 Å². The number of phenols is 1. The van der Waals surface area contributed by atoms with Gasteiger partial charge >= 0.3 is 0 Å². The molecule has 7 heteroatoms. The Balaban J connectivity index is 1.43. The van der Waals surface area contributed by atoms with E-state index >= 15 is 0 Å². The van der Waals surface area contributed by atoms with E-state index in [4.69, 9.17) is 28.2 Å². The molecule has 0 spiro atoms. The van der Waals surface area contributed by atoms with Crippen LogP contribution in [0.4, 0.5) is 5.69 Å². The third kappa shape index (κ3) is 5.29. The molecular weight excluding hydrogens is 503 g/mol. The van der Waals surface area contributed by atoms with Crippen molar-refractivity contribution in [3.63, 3.8) is 0 Å². The van der Waals surface area contributed by atoms with Crippen molar-refractivity contribution in [2.24, 2.45) is 4.99 Å². The Labute approximate surface area is 215 Å². The fourth-order valence-corrected chi connectivity index (χ4v) is 6.22. The maximum Gasteiger partial charge on any atom is 0.152 e. The molecule has 0 radical (unpaired) electrons. The highest BCUT2D eigenvalue weighted by molar-refractivity contribution is 8.01. The summed E-state index contributed by atoms with van der Waals surface area (Å²) in [5.41, 5.74) is 4.67. The van der Waals surface area contributed by atoms with Crippen molar-refractivity contribution in [2.45, 2.75) is 9.59 Å². The van der Waals surface area contributed by atoms with Gasteiger partial charge in [-0.2, -0.15) is 0 Å². The predicted molar refractivity (Wildman–Crippen MR) is 146 cm³/mol. The number of aliphatic imine (C=N–C) groups is 1. The van der Waals surface area contributed by atoms with Crippen LogP contribution in [0.15, 0.2) is 100 Å². The molecule has 0 saturated carbocycles. The highest BCUT2D eigenvalue weighted by atomic mass is 35.5. The number of phenolic OH excluding ortho intramolecular Hbond substituents is 1.